The molecule has 1 aliphatic heterocycles. The van der Waals surface area contributed by atoms with Gasteiger partial charge in [-0.05, 0) is 34.3 Å². The van der Waals surface area contributed by atoms with Crippen molar-refractivity contribution in [3.05, 3.63) is 75.7 Å². The molecule has 6 nitrogen and oxygen atoms in total. The van der Waals surface area contributed by atoms with E-state index in [4.69, 9.17) is 0 Å². The molecule has 1 aromatic carbocycles. The summed E-state index contributed by atoms with van der Waals surface area (Å²) in [5.41, 5.74) is 1.57. The maximum Gasteiger partial charge on any atom is 0.325 e. The zero-order valence-corrected chi connectivity index (χ0v) is 17.4. The van der Waals surface area contributed by atoms with E-state index in [0.717, 1.165) is 4.88 Å². The Balaban J connectivity index is 1.94. The van der Waals surface area contributed by atoms with Crippen LogP contribution < -0.4 is 15.1 Å². The van der Waals surface area contributed by atoms with Crippen molar-refractivity contribution in [2.24, 2.45) is 0 Å². The second-order valence-electron chi connectivity index (χ2n) is 6.35. The first-order valence-corrected chi connectivity index (χ1v) is 10.9. The zero-order chi connectivity index (χ0) is 20.4. The third-order valence-corrected chi connectivity index (χ3v) is 6.15. The van der Waals surface area contributed by atoms with Crippen LogP contribution in [0.2, 0.25) is 0 Å². The number of thiophene rings is 1. The molecule has 3 heterocycles. The van der Waals surface area contributed by atoms with Gasteiger partial charge >= 0.3 is 11.3 Å². The monoisotopic (exact) mass is 423 g/mol. The van der Waals surface area contributed by atoms with Crippen molar-refractivity contribution in [3.8, 4) is 11.3 Å². The lowest BCUT2D eigenvalue weighted by Crippen LogP contribution is -2.59. The largest absolute Gasteiger partial charge is 0.325 e. The normalized spacial score (nSPS) is 15.2. The van der Waals surface area contributed by atoms with E-state index in [0.29, 0.717) is 27.9 Å². The molecule has 0 radical (unpaired) electrons. The van der Waals surface area contributed by atoms with Crippen molar-refractivity contribution in [1.29, 1.82) is 0 Å². The first-order chi connectivity index (χ1) is 14.1. The number of carbonyl (C=O) groups excluding carboxylic acids is 1. The fourth-order valence-electron chi connectivity index (χ4n) is 3.30. The average molecular weight is 424 g/mol. The minimum atomic E-state index is -0.551. The van der Waals surface area contributed by atoms with Crippen LogP contribution >= 0.6 is 23.1 Å². The number of amides is 1. The van der Waals surface area contributed by atoms with E-state index < -0.39 is 6.17 Å². The molecule has 0 saturated heterocycles. The van der Waals surface area contributed by atoms with Gasteiger partial charge in [0.05, 0.1) is 11.3 Å². The van der Waals surface area contributed by atoms with Gasteiger partial charge in [0.1, 0.15) is 0 Å². The first-order valence-electron chi connectivity index (χ1n) is 9.01. The molecule has 0 fully saturated rings. The summed E-state index contributed by atoms with van der Waals surface area (Å²) in [4.78, 5) is 31.2. The van der Waals surface area contributed by atoms with Crippen LogP contribution in [0, 0.1) is 0 Å². The summed E-state index contributed by atoms with van der Waals surface area (Å²) in [7, 11) is 0. The Morgan fingerprint density at radius 1 is 1.38 bits per heavy atom. The van der Waals surface area contributed by atoms with Crippen LogP contribution in [0.15, 0.2) is 70.5 Å². The number of para-hydroxylation sites is 1. The molecule has 2 aromatic heterocycles. The van der Waals surface area contributed by atoms with E-state index in [9.17, 15) is 9.59 Å². The summed E-state index contributed by atoms with van der Waals surface area (Å²) in [6.45, 7) is 5.24. The summed E-state index contributed by atoms with van der Waals surface area (Å²) < 4.78 is 1.64. The smallest absolute Gasteiger partial charge is 0.291 e. The van der Waals surface area contributed by atoms with Crippen LogP contribution in [0.25, 0.3) is 17.3 Å². The van der Waals surface area contributed by atoms with Crippen molar-refractivity contribution in [2.45, 2.75) is 18.2 Å². The Morgan fingerprint density at radius 2 is 2.21 bits per heavy atom. The molecule has 0 spiro atoms. The average Bonchev–Trinajstić information content (AvgIpc) is 3.23. The fourth-order valence-corrected chi connectivity index (χ4v) is 4.51. The van der Waals surface area contributed by atoms with Crippen LogP contribution in [0.4, 0.5) is 5.69 Å². The van der Waals surface area contributed by atoms with E-state index >= 15 is 0 Å². The summed E-state index contributed by atoms with van der Waals surface area (Å²) in [5.74, 6) is 0.490. The van der Waals surface area contributed by atoms with Crippen molar-refractivity contribution in [1.82, 2.24) is 10.1 Å². The van der Waals surface area contributed by atoms with Crippen molar-refractivity contribution < 1.29 is 9.48 Å². The minimum absolute atomic E-state index is 0.126. The van der Waals surface area contributed by atoms with Gasteiger partial charge in [-0.2, -0.15) is 0 Å². The van der Waals surface area contributed by atoms with Crippen LogP contribution in [0.3, 0.4) is 0 Å². The number of benzene rings is 1. The fraction of sp³-hybridized carbons (Fsp3) is 0.143. The van der Waals surface area contributed by atoms with Crippen molar-refractivity contribution >= 4 is 40.8 Å². The predicted molar refractivity (Wildman–Crippen MR) is 117 cm³/mol. The van der Waals surface area contributed by atoms with Gasteiger partial charge in [-0.3, -0.25) is 14.6 Å². The number of hydrogen-bond acceptors (Lipinski definition) is 5. The minimum Gasteiger partial charge on any atom is -0.291 e. The lowest BCUT2D eigenvalue weighted by molar-refractivity contribution is -0.761. The Labute approximate surface area is 176 Å². The van der Waals surface area contributed by atoms with Gasteiger partial charge in [-0.1, -0.05) is 36.0 Å². The Hall–Kier alpha value is -2.97. The van der Waals surface area contributed by atoms with Gasteiger partial charge < -0.3 is 0 Å². The highest BCUT2D eigenvalue weighted by molar-refractivity contribution is 7.99. The number of nitrogens with one attached hydrogen (secondary N) is 1. The van der Waals surface area contributed by atoms with E-state index in [-0.39, 0.29) is 11.5 Å². The van der Waals surface area contributed by atoms with Gasteiger partial charge in [-0.15, -0.1) is 17.9 Å². The molecule has 3 aromatic rings. The molecule has 0 aliphatic carbocycles. The second-order valence-corrected chi connectivity index (χ2v) is 8.33. The second kappa shape index (κ2) is 8.18. The van der Waals surface area contributed by atoms with Gasteiger partial charge in [0.25, 0.3) is 6.17 Å². The van der Waals surface area contributed by atoms with Gasteiger partial charge in [-0.25, -0.2) is 4.90 Å². The highest BCUT2D eigenvalue weighted by Gasteiger charge is 2.42. The zero-order valence-electron chi connectivity index (χ0n) is 15.7. The molecule has 1 atom stereocenters. The molecule has 1 aliphatic rings. The quantitative estimate of drug-likeness (QED) is 0.386. The van der Waals surface area contributed by atoms with Crippen molar-refractivity contribution in [2.75, 3.05) is 10.7 Å². The number of rotatable bonds is 5. The van der Waals surface area contributed by atoms with Crippen LogP contribution in [-0.2, 0) is 4.79 Å². The highest BCUT2D eigenvalue weighted by atomic mass is 32.2. The van der Waals surface area contributed by atoms with Crippen LogP contribution in [-0.4, -0.2) is 21.7 Å². The van der Waals surface area contributed by atoms with Gasteiger partial charge in [0, 0.05) is 28.7 Å². The van der Waals surface area contributed by atoms with Gasteiger partial charge in [0.2, 0.25) is 11.1 Å². The van der Waals surface area contributed by atoms with Gasteiger partial charge in [0.15, 0.2) is 0 Å². The topological polar surface area (TPSA) is 69.9 Å². The van der Waals surface area contributed by atoms with E-state index in [1.807, 2.05) is 53.9 Å². The molecule has 0 bridgehead atoms. The lowest BCUT2D eigenvalue weighted by atomic mass is 10.0. The maximum atomic E-state index is 13.0. The Kier molecular flexibility index (Phi) is 5.46. The first kappa shape index (κ1) is 19.4. The number of fused-ring (bicyclic) bond motifs is 3. The molecule has 0 saturated carbocycles. The Morgan fingerprint density at radius 3 is 2.93 bits per heavy atom. The molecule has 1 N–H and O–H groups in total. The highest BCUT2D eigenvalue weighted by Crippen LogP contribution is 2.35. The molecule has 146 valence electrons. The van der Waals surface area contributed by atoms with E-state index in [2.05, 4.69) is 16.7 Å². The number of thioether (sulfide) groups is 1. The number of aromatic amines is 1. The number of H-pyrrole nitrogens is 1. The number of carbonyl (C=O) groups is 1. The predicted octanol–water partition coefficient (Wildman–Crippen LogP) is 3.64. The molecular formula is C21H19N4O2S2+. The summed E-state index contributed by atoms with van der Waals surface area (Å²) in [5, 5.41) is 7.13. The number of nitrogens with zero attached hydrogens (tertiary/aromatic N) is 3. The summed E-state index contributed by atoms with van der Waals surface area (Å²) in [6.07, 6.45) is 5.06. The molecule has 4 rings (SSSR count). The van der Waals surface area contributed by atoms with Crippen molar-refractivity contribution in [3.63, 3.8) is 0 Å². The molecular weight excluding hydrogens is 404 g/mol. The summed E-state index contributed by atoms with van der Waals surface area (Å²) in [6, 6.07) is 11.4. The molecule has 29 heavy (non-hydrogen) atoms. The van der Waals surface area contributed by atoms with Crippen LogP contribution in [0.5, 0.6) is 0 Å². The maximum absolute atomic E-state index is 13.0. The molecule has 1 amide bonds. The standard InChI is InChI=1S/C21H18N4O2S2/c1-3-12-29-21-22-20(27)19-16-8-4-5-9-17(16)24(14(2)26)18(25(19)23-21)11-10-15-7-6-13-28-15/h3-11,13,18H,1,12H2,2H3/p+1/b11-10+/t18-/m0/s1. The third-order valence-electron chi connectivity index (χ3n) is 4.45. The lowest BCUT2D eigenvalue weighted by Gasteiger charge is -2.29. The molecule has 0 unspecified atom stereocenters. The number of aromatic nitrogens is 3. The number of hydrogen-bond donors (Lipinski definition) is 1. The SMILES string of the molecule is C=CCSc1n[n+]2c(c(=O)[nH]1)-c1ccccc1N(C(C)=O)[C@@H]2/C=C/c1cccs1. The van der Waals surface area contributed by atoms with E-state index in [1.165, 1.54) is 18.7 Å². The Bertz CT molecular complexity index is 1150. The summed E-state index contributed by atoms with van der Waals surface area (Å²) >= 11 is 2.99. The number of anilines is 1. The molecule has 8 heteroatoms. The van der Waals surface area contributed by atoms with Crippen LogP contribution in [0.1, 0.15) is 18.0 Å². The van der Waals surface area contributed by atoms with E-state index in [1.54, 1.807) is 27.0 Å². The third kappa shape index (κ3) is 3.68.